The molecular formula is C16H18ClNO2. The average Bonchev–Trinajstić information content (AvgIpc) is 2.47. The minimum Gasteiger partial charge on any atom is -0.492 e. The van der Waals surface area contributed by atoms with Crippen molar-refractivity contribution < 1.29 is 9.84 Å². The van der Waals surface area contributed by atoms with E-state index in [1.165, 1.54) is 0 Å². The van der Waals surface area contributed by atoms with Crippen LogP contribution in [0.2, 0.25) is 5.02 Å². The molecule has 0 bridgehead atoms. The fraction of sp³-hybridized carbons (Fsp3) is 0.250. The van der Waals surface area contributed by atoms with E-state index in [-0.39, 0.29) is 0 Å². The highest BCUT2D eigenvalue weighted by Gasteiger charge is 2.11. The summed E-state index contributed by atoms with van der Waals surface area (Å²) >= 11 is 6.07. The van der Waals surface area contributed by atoms with Crippen molar-refractivity contribution in [1.82, 2.24) is 0 Å². The van der Waals surface area contributed by atoms with Crippen LogP contribution in [-0.4, -0.2) is 18.3 Å². The topological polar surface area (TPSA) is 41.5 Å². The monoisotopic (exact) mass is 291 g/mol. The third-order valence-corrected chi connectivity index (χ3v) is 3.28. The summed E-state index contributed by atoms with van der Waals surface area (Å²) in [5.41, 5.74) is 1.58. The number of benzene rings is 2. The first-order valence-electron chi connectivity index (χ1n) is 6.60. The van der Waals surface area contributed by atoms with E-state index < -0.39 is 6.10 Å². The molecule has 3 nitrogen and oxygen atoms in total. The zero-order valence-corrected chi connectivity index (χ0v) is 12.1. The minimum atomic E-state index is -0.668. The van der Waals surface area contributed by atoms with Crippen molar-refractivity contribution >= 4 is 17.3 Å². The van der Waals surface area contributed by atoms with Crippen molar-refractivity contribution in [2.24, 2.45) is 0 Å². The molecule has 0 aliphatic carbocycles. The van der Waals surface area contributed by atoms with Gasteiger partial charge in [0.1, 0.15) is 5.75 Å². The third kappa shape index (κ3) is 3.65. The predicted octanol–water partition coefficient (Wildman–Crippen LogP) is 3.88. The van der Waals surface area contributed by atoms with Crippen LogP contribution in [0, 0.1) is 0 Å². The molecule has 1 unspecified atom stereocenters. The third-order valence-electron chi connectivity index (χ3n) is 2.94. The molecule has 106 valence electrons. The molecule has 0 saturated carbocycles. The van der Waals surface area contributed by atoms with E-state index in [4.69, 9.17) is 16.3 Å². The summed E-state index contributed by atoms with van der Waals surface area (Å²) in [4.78, 5) is 0. The maximum atomic E-state index is 10.2. The molecule has 1 atom stereocenters. The molecule has 2 rings (SSSR count). The number of halogens is 1. The molecule has 0 radical (unpaired) electrons. The smallest absolute Gasteiger partial charge is 0.142 e. The highest BCUT2D eigenvalue weighted by Crippen LogP contribution is 2.26. The highest BCUT2D eigenvalue weighted by molar-refractivity contribution is 6.31. The van der Waals surface area contributed by atoms with Gasteiger partial charge in [0, 0.05) is 17.1 Å². The molecule has 0 aromatic heterocycles. The second-order valence-electron chi connectivity index (χ2n) is 4.35. The van der Waals surface area contributed by atoms with Crippen molar-refractivity contribution in [1.29, 1.82) is 0 Å². The Morgan fingerprint density at radius 2 is 1.85 bits per heavy atom. The molecule has 0 saturated heterocycles. The van der Waals surface area contributed by atoms with Gasteiger partial charge >= 0.3 is 0 Å². The van der Waals surface area contributed by atoms with E-state index in [9.17, 15) is 5.11 Å². The predicted molar refractivity (Wildman–Crippen MR) is 82.5 cm³/mol. The fourth-order valence-electron chi connectivity index (χ4n) is 1.96. The van der Waals surface area contributed by atoms with Crippen LogP contribution in [0.4, 0.5) is 5.69 Å². The molecule has 0 fully saturated rings. The SMILES string of the molecule is CCOc1ccccc1NCC(O)c1ccccc1Cl. The maximum Gasteiger partial charge on any atom is 0.142 e. The first-order chi connectivity index (χ1) is 9.72. The Labute approximate surface area is 124 Å². The van der Waals surface area contributed by atoms with Gasteiger partial charge in [-0.2, -0.15) is 0 Å². The molecule has 0 spiro atoms. The average molecular weight is 292 g/mol. The van der Waals surface area contributed by atoms with Crippen molar-refractivity contribution in [3.8, 4) is 5.75 Å². The quantitative estimate of drug-likeness (QED) is 0.848. The van der Waals surface area contributed by atoms with Gasteiger partial charge in [-0.05, 0) is 25.1 Å². The minimum absolute atomic E-state index is 0.369. The summed E-state index contributed by atoms with van der Waals surface area (Å²) in [6.07, 6.45) is -0.668. The van der Waals surface area contributed by atoms with Gasteiger partial charge in [0.25, 0.3) is 0 Å². The van der Waals surface area contributed by atoms with Gasteiger partial charge in [-0.3, -0.25) is 0 Å². The van der Waals surface area contributed by atoms with Gasteiger partial charge in [0.15, 0.2) is 0 Å². The van der Waals surface area contributed by atoms with Crippen molar-refractivity contribution in [2.75, 3.05) is 18.5 Å². The van der Waals surface area contributed by atoms with E-state index in [1.807, 2.05) is 49.4 Å². The first kappa shape index (κ1) is 14.7. The first-order valence-corrected chi connectivity index (χ1v) is 6.98. The standard InChI is InChI=1S/C16H18ClNO2/c1-2-20-16-10-6-5-9-14(16)18-11-15(19)12-7-3-4-8-13(12)17/h3-10,15,18-19H,2,11H2,1H3. The van der Waals surface area contributed by atoms with Gasteiger partial charge in [0.05, 0.1) is 18.4 Å². The molecule has 2 aromatic carbocycles. The van der Waals surface area contributed by atoms with Crippen LogP contribution in [0.25, 0.3) is 0 Å². The largest absolute Gasteiger partial charge is 0.492 e. The summed E-state index contributed by atoms with van der Waals surface area (Å²) < 4.78 is 5.53. The molecule has 4 heteroatoms. The van der Waals surface area contributed by atoms with Crippen LogP contribution >= 0.6 is 11.6 Å². The Hall–Kier alpha value is -1.71. The van der Waals surface area contributed by atoms with Crippen LogP contribution in [0.5, 0.6) is 5.75 Å². The van der Waals surface area contributed by atoms with Crippen LogP contribution < -0.4 is 10.1 Å². The lowest BCUT2D eigenvalue weighted by Crippen LogP contribution is -2.13. The Kier molecular flexibility index (Phi) is 5.27. The zero-order chi connectivity index (χ0) is 14.4. The molecule has 20 heavy (non-hydrogen) atoms. The summed E-state index contributed by atoms with van der Waals surface area (Å²) in [6, 6.07) is 15.0. The van der Waals surface area contributed by atoms with E-state index >= 15 is 0 Å². The van der Waals surface area contributed by atoms with Gasteiger partial charge < -0.3 is 15.2 Å². The number of ether oxygens (including phenoxy) is 1. The van der Waals surface area contributed by atoms with E-state index in [0.29, 0.717) is 18.2 Å². The van der Waals surface area contributed by atoms with Crippen LogP contribution in [-0.2, 0) is 0 Å². The number of rotatable bonds is 6. The lowest BCUT2D eigenvalue weighted by atomic mass is 10.1. The highest BCUT2D eigenvalue weighted by atomic mass is 35.5. The van der Waals surface area contributed by atoms with Gasteiger partial charge in [-0.1, -0.05) is 41.9 Å². The second-order valence-corrected chi connectivity index (χ2v) is 4.75. The fourth-order valence-corrected chi connectivity index (χ4v) is 2.22. The van der Waals surface area contributed by atoms with Gasteiger partial charge in [0.2, 0.25) is 0 Å². The number of para-hydroxylation sites is 2. The summed E-state index contributed by atoms with van der Waals surface area (Å²) in [7, 11) is 0. The number of anilines is 1. The van der Waals surface area contributed by atoms with E-state index in [2.05, 4.69) is 5.32 Å². The summed E-state index contributed by atoms with van der Waals surface area (Å²) in [6.45, 7) is 2.91. The molecular weight excluding hydrogens is 274 g/mol. The summed E-state index contributed by atoms with van der Waals surface area (Å²) in [5, 5.41) is 14.0. The van der Waals surface area contributed by atoms with Gasteiger partial charge in [-0.15, -0.1) is 0 Å². The molecule has 0 amide bonds. The Balaban J connectivity index is 2.04. The van der Waals surface area contributed by atoms with Crippen LogP contribution in [0.3, 0.4) is 0 Å². The number of aliphatic hydroxyl groups excluding tert-OH is 1. The Morgan fingerprint density at radius 1 is 1.15 bits per heavy atom. The molecule has 0 aliphatic heterocycles. The van der Waals surface area contributed by atoms with Crippen molar-refractivity contribution in [3.63, 3.8) is 0 Å². The molecule has 0 heterocycles. The van der Waals surface area contributed by atoms with E-state index in [0.717, 1.165) is 17.0 Å². The second kappa shape index (κ2) is 7.17. The molecule has 2 N–H and O–H groups in total. The number of hydrogen-bond donors (Lipinski definition) is 2. The van der Waals surface area contributed by atoms with Crippen LogP contribution in [0.1, 0.15) is 18.6 Å². The van der Waals surface area contributed by atoms with E-state index in [1.54, 1.807) is 6.07 Å². The normalized spacial score (nSPS) is 11.9. The van der Waals surface area contributed by atoms with Crippen molar-refractivity contribution in [2.45, 2.75) is 13.0 Å². The lowest BCUT2D eigenvalue weighted by molar-refractivity contribution is 0.191. The lowest BCUT2D eigenvalue weighted by Gasteiger charge is -2.16. The number of hydrogen-bond acceptors (Lipinski definition) is 3. The van der Waals surface area contributed by atoms with Crippen molar-refractivity contribution in [3.05, 3.63) is 59.1 Å². The van der Waals surface area contributed by atoms with Gasteiger partial charge in [-0.25, -0.2) is 0 Å². The Morgan fingerprint density at radius 3 is 2.60 bits per heavy atom. The maximum absolute atomic E-state index is 10.2. The Bertz CT molecular complexity index is 560. The number of aliphatic hydroxyl groups is 1. The zero-order valence-electron chi connectivity index (χ0n) is 11.3. The summed E-state index contributed by atoms with van der Waals surface area (Å²) in [5.74, 6) is 0.779. The number of nitrogens with one attached hydrogen (secondary N) is 1. The molecule has 2 aromatic rings. The molecule has 0 aliphatic rings. The van der Waals surface area contributed by atoms with Crippen LogP contribution in [0.15, 0.2) is 48.5 Å².